The van der Waals surface area contributed by atoms with Crippen molar-refractivity contribution in [1.29, 1.82) is 0 Å². The van der Waals surface area contributed by atoms with Crippen LogP contribution in [0.3, 0.4) is 0 Å². The fourth-order valence-electron chi connectivity index (χ4n) is 3.47. The summed E-state index contributed by atoms with van der Waals surface area (Å²) in [6.07, 6.45) is 0.708. The van der Waals surface area contributed by atoms with Gasteiger partial charge in [0.05, 0.1) is 23.7 Å². The lowest BCUT2D eigenvalue weighted by molar-refractivity contribution is 0.445. The minimum Gasteiger partial charge on any atom is -0.357 e. The van der Waals surface area contributed by atoms with Crippen molar-refractivity contribution in [3.05, 3.63) is 47.3 Å². The van der Waals surface area contributed by atoms with Gasteiger partial charge in [0.25, 0.3) is 0 Å². The van der Waals surface area contributed by atoms with Crippen LogP contribution in [0, 0.1) is 13.8 Å². The molecule has 0 aliphatic carbocycles. The van der Waals surface area contributed by atoms with E-state index in [2.05, 4.69) is 27.9 Å². The molecule has 0 bridgehead atoms. The number of aryl methyl sites for hydroxylation is 2. The molecule has 1 aromatic heterocycles. The topological polar surface area (TPSA) is 91.6 Å². The average Bonchev–Trinajstić information content (AvgIpc) is 3.20. The maximum atomic E-state index is 11.9. The Labute approximate surface area is 173 Å². The Kier molecular flexibility index (Phi) is 6.92. The maximum absolute atomic E-state index is 11.9. The van der Waals surface area contributed by atoms with Crippen LogP contribution in [0.1, 0.15) is 30.3 Å². The number of nitrogens with zero attached hydrogens (tertiary/aromatic N) is 4. The zero-order chi connectivity index (χ0) is 20.9. The summed E-state index contributed by atoms with van der Waals surface area (Å²) in [7, 11) is -3.07. The molecule has 3 rings (SSSR count). The minimum atomic E-state index is -3.07. The van der Waals surface area contributed by atoms with Crippen molar-refractivity contribution in [2.45, 2.75) is 33.7 Å². The molecule has 2 N–H and O–H groups in total. The number of hydrogen-bond donors (Lipinski definition) is 2. The Morgan fingerprint density at radius 1 is 1.24 bits per heavy atom. The quantitative estimate of drug-likeness (QED) is 0.526. The van der Waals surface area contributed by atoms with Crippen molar-refractivity contribution in [1.82, 2.24) is 24.7 Å². The highest BCUT2D eigenvalue weighted by Crippen LogP contribution is 2.18. The molecule has 0 atom stereocenters. The molecule has 1 aromatic carbocycles. The fraction of sp³-hybridized carbons (Fsp3) is 0.500. The molecule has 1 saturated heterocycles. The number of aliphatic imine (C=N–C) groups is 1. The molecule has 1 aliphatic rings. The number of guanidine groups is 1. The molecule has 0 radical (unpaired) electrons. The lowest BCUT2D eigenvalue weighted by Crippen LogP contribution is -2.42. The molecule has 2 aromatic rings. The third-order valence-corrected chi connectivity index (χ3v) is 6.79. The van der Waals surface area contributed by atoms with E-state index >= 15 is 0 Å². The van der Waals surface area contributed by atoms with Gasteiger partial charge in [-0.1, -0.05) is 18.2 Å². The molecule has 0 saturated carbocycles. The molecule has 8 nitrogen and oxygen atoms in total. The van der Waals surface area contributed by atoms with Crippen LogP contribution in [-0.4, -0.2) is 60.4 Å². The van der Waals surface area contributed by atoms with Gasteiger partial charge in [-0.15, -0.1) is 0 Å². The van der Waals surface area contributed by atoms with Gasteiger partial charge in [-0.25, -0.2) is 22.4 Å². The van der Waals surface area contributed by atoms with Crippen LogP contribution >= 0.6 is 0 Å². The first-order chi connectivity index (χ1) is 13.9. The summed E-state index contributed by atoms with van der Waals surface area (Å²) in [5, 5.41) is 11.0. The summed E-state index contributed by atoms with van der Waals surface area (Å²) in [6.45, 7) is 8.83. The molecule has 0 amide bonds. The van der Waals surface area contributed by atoms with Gasteiger partial charge in [0.1, 0.15) is 0 Å². The summed E-state index contributed by atoms with van der Waals surface area (Å²) >= 11 is 0. The number of para-hydroxylation sites is 1. The van der Waals surface area contributed by atoms with Crippen LogP contribution in [0.15, 0.2) is 35.3 Å². The highest BCUT2D eigenvalue weighted by atomic mass is 32.2. The minimum absolute atomic E-state index is 0.254. The van der Waals surface area contributed by atoms with E-state index in [-0.39, 0.29) is 5.75 Å². The van der Waals surface area contributed by atoms with E-state index < -0.39 is 10.0 Å². The smallest absolute Gasteiger partial charge is 0.214 e. The zero-order valence-corrected chi connectivity index (χ0v) is 18.2. The molecule has 9 heteroatoms. The van der Waals surface area contributed by atoms with E-state index in [1.54, 1.807) is 4.31 Å². The van der Waals surface area contributed by atoms with Gasteiger partial charge in [0, 0.05) is 31.9 Å². The standard InChI is InChI=1S/C20H30N6O2S/c1-4-21-20(22-10-12-25-11-7-13-29(25,27)28)23-15-18-8-5-6-9-19(18)26-17(3)14-16(2)24-26/h5-6,8-9,14H,4,7,10-13,15H2,1-3H3,(H2,21,22,23). The second kappa shape index (κ2) is 9.41. The Balaban J connectivity index is 1.68. The van der Waals surface area contributed by atoms with Crippen LogP contribution < -0.4 is 10.6 Å². The van der Waals surface area contributed by atoms with Crippen molar-refractivity contribution >= 4 is 16.0 Å². The molecule has 2 heterocycles. The van der Waals surface area contributed by atoms with E-state index in [1.165, 1.54) is 0 Å². The maximum Gasteiger partial charge on any atom is 0.214 e. The van der Waals surface area contributed by atoms with E-state index in [1.807, 2.05) is 43.7 Å². The van der Waals surface area contributed by atoms with Crippen molar-refractivity contribution in [2.24, 2.45) is 4.99 Å². The molecular weight excluding hydrogens is 388 g/mol. The summed E-state index contributed by atoms with van der Waals surface area (Å²) in [5.74, 6) is 0.928. The first-order valence-electron chi connectivity index (χ1n) is 10.0. The zero-order valence-electron chi connectivity index (χ0n) is 17.4. The lowest BCUT2D eigenvalue weighted by atomic mass is 10.2. The van der Waals surface area contributed by atoms with Crippen LogP contribution in [0.5, 0.6) is 0 Å². The van der Waals surface area contributed by atoms with Gasteiger partial charge in [-0.05, 0) is 44.9 Å². The van der Waals surface area contributed by atoms with Crippen LogP contribution in [0.25, 0.3) is 5.69 Å². The number of benzene rings is 1. The molecule has 0 unspecified atom stereocenters. The predicted octanol–water partition coefficient (Wildman–Crippen LogP) is 1.58. The summed E-state index contributed by atoms with van der Waals surface area (Å²) in [5.41, 5.74) is 4.14. The highest BCUT2D eigenvalue weighted by Gasteiger charge is 2.27. The Morgan fingerprint density at radius 3 is 2.69 bits per heavy atom. The SMILES string of the molecule is CCNC(=NCc1ccccc1-n1nc(C)cc1C)NCCN1CCCS1(=O)=O. The van der Waals surface area contributed by atoms with Crippen molar-refractivity contribution in [3.63, 3.8) is 0 Å². The number of hydrogen-bond acceptors (Lipinski definition) is 4. The Bertz CT molecular complexity index is 967. The number of nitrogens with one attached hydrogen (secondary N) is 2. The van der Waals surface area contributed by atoms with Gasteiger partial charge >= 0.3 is 0 Å². The van der Waals surface area contributed by atoms with Crippen LogP contribution in [0.4, 0.5) is 0 Å². The average molecular weight is 419 g/mol. The second-order valence-electron chi connectivity index (χ2n) is 7.16. The van der Waals surface area contributed by atoms with Crippen LogP contribution in [-0.2, 0) is 16.6 Å². The number of rotatable bonds is 7. The monoisotopic (exact) mass is 418 g/mol. The van der Waals surface area contributed by atoms with Gasteiger partial charge in [-0.2, -0.15) is 5.10 Å². The summed E-state index contributed by atoms with van der Waals surface area (Å²) in [4.78, 5) is 4.69. The van der Waals surface area contributed by atoms with Gasteiger partial charge in [0.15, 0.2) is 5.96 Å². The summed E-state index contributed by atoms with van der Waals surface area (Å²) in [6, 6.07) is 10.1. The normalized spacial score (nSPS) is 16.9. The second-order valence-corrected chi connectivity index (χ2v) is 9.25. The highest BCUT2D eigenvalue weighted by molar-refractivity contribution is 7.89. The van der Waals surface area contributed by atoms with Crippen molar-refractivity contribution < 1.29 is 8.42 Å². The van der Waals surface area contributed by atoms with Gasteiger partial charge < -0.3 is 10.6 Å². The number of sulfonamides is 1. The van der Waals surface area contributed by atoms with E-state index in [0.29, 0.717) is 38.6 Å². The van der Waals surface area contributed by atoms with E-state index in [4.69, 9.17) is 4.99 Å². The molecular formula is C20H30N6O2S. The van der Waals surface area contributed by atoms with Gasteiger partial charge in [-0.3, -0.25) is 0 Å². The van der Waals surface area contributed by atoms with E-state index in [0.717, 1.165) is 29.2 Å². The largest absolute Gasteiger partial charge is 0.357 e. The first-order valence-corrected chi connectivity index (χ1v) is 11.6. The van der Waals surface area contributed by atoms with Crippen LogP contribution in [0.2, 0.25) is 0 Å². The first kappa shape index (κ1) is 21.3. The molecule has 158 valence electrons. The predicted molar refractivity (Wildman–Crippen MR) is 116 cm³/mol. The lowest BCUT2D eigenvalue weighted by Gasteiger charge is -2.17. The van der Waals surface area contributed by atoms with Crippen molar-refractivity contribution in [2.75, 3.05) is 31.9 Å². The number of aromatic nitrogens is 2. The Hall–Kier alpha value is -2.39. The van der Waals surface area contributed by atoms with E-state index in [9.17, 15) is 8.42 Å². The molecule has 1 aliphatic heterocycles. The molecule has 0 spiro atoms. The molecule has 29 heavy (non-hydrogen) atoms. The molecule has 1 fully saturated rings. The fourth-order valence-corrected chi connectivity index (χ4v) is 5.00. The third-order valence-electron chi connectivity index (χ3n) is 4.84. The van der Waals surface area contributed by atoms with Gasteiger partial charge in [0.2, 0.25) is 10.0 Å². The Morgan fingerprint density at radius 2 is 2.03 bits per heavy atom. The summed E-state index contributed by atoms with van der Waals surface area (Å²) < 4.78 is 27.3. The third kappa shape index (κ3) is 5.36. The van der Waals surface area contributed by atoms with Crippen molar-refractivity contribution in [3.8, 4) is 5.69 Å².